The van der Waals surface area contributed by atoms with Crippen LogP contribution in [-0.2, 0) is 4.74 Å². The van der Waals surface area contributed by atoms with Crippen LogP contribution < -0.4 is 10.2 Å². The van der Waals surface area contributed by atoms with Gasteiger partial charge in [0, 0.05) is 42.5 Å². The second-order valence-corrected chi connectivity index (χ2v) is 9.38. The standard InChI is InChI=1S/C26H28F2N2O3/c1-25(8-10-26(27,28)11-9-25)29-24(31)23-17-20-3-2-19(16-22(20)33-23)18-4-6-21(7-5-18)30-12-14-32-15-13-30/h2-7,16-17H,8-15H2,1H3,(H,29,31). The average molecular weight is 455 g/mol. The lowest BCUT2D eigenvalue weighted by atomic mass is 9.81. The van der Waals surface area contributed by atoms with Gasteiger partial charge in [0.1, 0.15) is 5.58 Å². The zero-order chi connectivity index (χ0) is 23.1. The predicted molar refractivity (Wildman–Crippen MR) is 124 cm³/mol. The molecule has 0 atom stereocenters. The van der Waals surface area contributed by atoms with E-state index in [1.807, 2.05) is 25.1 Å². The summed E-state index contributed by atoms with van der Waals surface area (Å²) in [5.41, 5.74) is 3.21. The topological polar surface area (TPSA) is 54.7 Å². The van der Waals surface area contributed by atoms with Crippen molar-refractivity contribution in [2.75, 3.05) is 31.2 Å². The SMILES string of the molecule is CC1(NC(=O)c2cc3ccc(-c4ccc(N5CCOCC5)cc4)cc3o2)CCC(F)(F)CC1. The third kappa shape index (κ3) is 4.74. The van der Waals surface area contributed by atoms with E-state index in [0.29, 0.717) is 5.58 Å². The van der Waals surface area contributed by atoms with Crippen molar-refractivity contribution in [2.24, 2.45) is 0 Å². The Hall–Kier alpha value is -2.93. The van der Waals surface area contributed by atoms with Gasteiger partial charge in [-0.15, -0.1) is 0 Å². The number of morpholine rings is 1. The number of hydrogen-bond donors (Lipinski definition) is 1. The van der Waals surface area contributed by atoms with Crippen molar-refractivity contribution >= 4 is 22.6 Å². The highest BCUT2D eigenvalue weighted by Gasteiger charge is 2.41. The number of nitrogens with zero attached hydrogens (tertiary/aromatic N) is 1. The third-order valence-corrected chi connectivity index (χ3v) is 6.82. The Morgan fingerprint density at radius 3 is 2.30 bits per heavy atom. The fraction of sp³-hybridized carbons (Fsp3) is 0.423. The van der Waals surface area contributed by atoms with Crippen LogP contribution >= 0.6 is 0 Å². The lowest BCUT2D eigenvalue weighted by Crippen LogP contribution is -2.50. The van der Waals surface area contributed by atoms with E-state index in [4.69, 9.17) is 9.15 Å². The number of amides is 1. The van der Waals surface area contributed by atoms with Gasteiger partial charge in [-0.25, -0.2) is 8.78 Å². The largest absolute Gasteiger partial charge is 0.451 e. The van der Waals surface area contributed by atoms with Gasteiger partial charge in [0.15, 0.2) is 5.76 Å². The number of furan rings is 1. The number of hydrogen-bond acceptors (Lipinski definition) is 4. The van der Waals surface area contributed by atoms with Crippen molar-refractivity contribution in [3.05, 3.63) is 54.3 Å². The second-order valence-electron chi connectivity index (χ2n) is 9.38. The van der Waals surface area contributed by atoms with E-state index in [9.17, 15) is 13.6 Å². The molecule has 1 aliphatic carbocycles. The van der Waals surface area contributed by atoms with Gasteiger partial charge >= 0.3 is 0 Å². The summed E-state index contributed by atoms with van der Waals surface area (Å²) in [6, 6.07) is 16.0. The molecule has 0 bridgehead atoms. The minimum atomic E-state index is -2.64. The van der Waals surface area contributed by atoms with Crippen LogP contribution in [0, 0.1) is 0 Å². The molecule has 3 aromatic rings. The number of carbonyl (C=O) groups excluding carboxylic acids is 1. The van der Waals surface area contributed by atoms with Crippen molar-refractivity contribution in [3.8, 4) is 11.1 Å². The molecule has 0 radical (unpaired) electrons. The van der Waals surface area contributed by atoms with Crippen molar-refractivity contribution < 1.29 is 22.7 Å². The summed E-state index contributed by atoms with van der Waals surface area (Å²) >= 11 is 0. The summed E-state index contributed by atoms with van der Waals surface area (Å²) in [7, 11) is 0. The lowest BCUT2D eigenvalue weighted by molar-refractivity contribution is -0.0523. The van der Waals surface area contributed by atoms with Gasteiger partial charge in [-0.1, -0.05) is 24.3 Å². The molecule has 1 aliphatic heterocycles. The van der Waals surface area contributed by atoms with Gasteiger partial charge in [-0.2, -0.15) is 0 Å². The van der Waals surface area contributed by atoms with Crippen LogP contribution in [0.2, 0.25) is 0 Å². The molecule has 1 N–H and O–H groups in total. The maximum atomic E-state index is 13.5. The van der Waals surface area contributed by atoms with Crippen LogP contribution in [-0.4, -0.2) is 43.7 Å². The maximum absolute atomic E-state index is 13.5. The number of carbonyl (C=O) groups is 1. The number of halogens is 2. The first-order valence-electron chi connectivity index (χ1n) is 11.5. The van der Waals surface area contributed by atoms with E-state index < -0.39 is 11.5 Å². The van der Waals surface area contributed by atoms with Gasteiger partial charge in [-0.05, 0) is 55.2 Å². The quantitative estimate of drug-likeness (QED) is 0.555. The van der Waals surface area contributed by atoms with Gasteiger partial charge < -0.3 is 19.4 Å². The average Bonchev–Trinajstić information content (AvgIpc) is 3.26. The monoisotopic (exact) mass is 454 g/mol. The molecule has 1 amide bonds. The van der Waals surface area contributed by atoms with Gasteiger partial charge in [0.05, 0.1) is 13.2 Å². The maximum Gasteiger partial charge on any atom is 0.287 e. The van der Waals surface area contributed by atoms with Crippen molar-refractivity contribution in [1.82, 2.24) is 5.32 Å². The Bertz CT molecular complexity index is 1140. The highest BCUT2D eigenvalue weighted by molar-refractivity contribution is 5.97. The summed E-state index contributed by atoms with van der Waals surface area (Å²) in [5, 5.41) is 3.74. The fourth-order valence-corrected chi connectivity index (χ4v) is 4.64. The van der Waals surface area contributed by atoms with Crippen LogP contribution in [0.1, 0.15) is 43.2 Å². The zero-order valence-corrected chi connectivity index (χ0v) is 18.7. The summed E-state index contributed by atoms with van der Waals surface area (Å²) in [6.45, 7) is 5.10. The first-order valence-corrected chi connectivity index (χ1v) is 11.5. The molecule has 2 heterocycles. The molecule has 1 aromatic heterocycles. The number of nitrogens with one attached hydrogen (secondary N) is 1. The van der Waals surface area contributed by atoms with E-state index in [-0.39, 0.29) is 37.4 Å². The molecule has 33 heavy (non-hydrogen) atoms. The van der Waals surface area contributed by atoms with Crippen LogP contribution in [0.25, 0.3) is 22.1 Å². The van der Waals surface area contributed by atoms with Gasteiger partial charge in [0.25, 0.3) is 5.91 Å². The summed E-state index contributed by atoms with van der Waals surface area (Å²) in [4.78, 5) is 15.1. The lowest BCUT2D eigenvalue weighted by Gasteiger charge is -2.37. The van der Waals surface area contributed by atoms with Crippen LogP contribution in [0.15, 0.2) is 52.9 Å². The number of benzene rings is 2. The van der Waals surface area contributed by atoms with E-state index in [1.54, 1.807) is 6.07 Å². The fourth-order valence-electron chi connectivity index (χ4n) is 4.64. The van der Waals surface area contributed by atoms with Crippen LogP contribution in [0.5, 0.6) is 0 Å². The molecule has 0 spiro atoms. The van der Waals surface area contributed by atoms with E-state index in [2.05, 4.69) is 34.5 Å². The molecule has 2 aromatic carbocycles. The molecule has 5 nitrogen and oxygen atoms in total. The predicted octanol–water partition coefficient (Wildman–Crippen LogP) is 5.63. The number of anilines is 1. The highest BCUT2D eigenvalue weighted by Crippen LogP contribution is 2.38. The number of fused-ring (bicyclic) bond motifs is 1. The molecule has 1 saturated carbocycles. The molecular formula is C26H28F2N2O3. The summed E-state index contributed by atoms with van der Waals surface area (Å²) < 4.78 is 38.3. The number of alkyl halides is 2. The van der Waals surface area contributed by atoms with Crippen molar-refractivity contribution in [2.45, 2.75) is 44.1 Å². The zero-order valence-electron chi connectivity index (χ0n) is 18.7. The summed E-state index contributed by atoms with van der Waals surface area (Å²) in [5.74, 6) is -2.81. The Kier molecular flexibility index (Phi) is 5.60. The third-order valence-electron chi connectivity index (χ3n) is 6.82. The normalized spacial score (nSPS) is 20.0. The minimum absolute atomic E-state index is 0.198. The van der Waals surface area contributed by atoms with Crippen LogP contribution in [0.3, 0.4) is 0 Å². The Labute approximate surface area is 191 Å². The van der Waals surface area contributed by atoms with E-state index >= 15 is 0 Å². The second kappa shape index (κ2) is 8.45. The first kappa shape index (κ1) is 21.9. The van der Waals surface area contributed by atoms with E-state index in [0.717, 1.165) is 42.8 Å². The number of rotatable bonds is 4. The molecular weight excluding hydrogens is 426 g/mol. The molecule has 174 valence electrons. The Balaban J connectivity index is 1.31. The molecule has 7 heteroatoms. The Morgan fingerprint density at radius 1 is 0.939 bits per heavy atom. The van der Waals surface area contributed by atoms with Gasteiger partial charge in [0.2, 0.25) is 5.92 Å². The van der Waals surface area contributed by atoms with Crippen LogP contribution in [0.4, 0.5) is 14.5 Å². The first-order chi connectivity index (χ1) is 15.8. The minimum Gasteiger partial charge on any atom is -0.451 e. The number of ether oxygens (including phenoxy) is 1. The highest BCUT2D eigenvalue weighted by atomic mass is 19.3. The molecule has 5 rings (SSSR count). The van der Waals surface area contributed by atoms with Gasteiger partial charge in [-0.3, -0.25) is 4.79 Å². The molecule has 2 fully saturated rings. The summed E-state index contributed by atoms with van der Waals surface area (Å²) in [6.07, 6.45) is 0.0718. The van der Waals surface area contributed by atoms with Crippen molar-refractivity contribution in [1.29, 1.82) is 0 Å². The van der Waals surface area contributed by atoms with Crippen molar-refractivity contribution in [3.63, 3.8) is 0 Å². The van der Waals surface area contributed by atoms with E-state index in [1.165, 1.54) is 5.69 Å². The molecule has 2 aliphatic rings. The Morgan fingerprint density at radius 2 is 1.61 bits per heavy atom. The molecule has 1 saturated heterocycles. The molecule has 0 unspecified atom stereocenters. The smallest absolute Gasteiger partial charge is 0.287 e.